The maximum atomic E-state index is 11.7. The lowest BCUT2D eigenvalue weighted by Crippen LogP contribution is -2.16. The Bertz CT molecular complexity index is 602. The first-order valence-electron chi connectivity index (χ1n) is 6.42. The molecule has 0 aliphatic rings. The maximum absolute atomic E-state index is 11.7. The van der Waals surface area contributed by atoms with E-state index in [9.17, 15) is 8.42 Å². The van der Waals surface area contributed by atoms with Gasteiger partial charge in [-0.1, -0.05) is 18.7 Å². The zero-order chi connectivity index (χ0) is 15.4. The van der Waals surface area contributed by atoms with E-state index in [1.165, 1.54) is 5.41 Å². The fourth-order valence-corrected chi connectivity index (χ4v) is 2.45. The molecule has 0 amide bonds. The summed E-state index contributed by atoms with van der Waals surface area (Å²) in [5.41, 5.74) is 1.58. The molecule has 20 heavy (non-hydrogen) atoms. The standard InChI is InChI=1S/C15H21NO2S2/c1-5-13-8-6-9-14(16-13)15(4,19)10-7-11-20(17,18)12(2)3/h5-9,11-12,19H,1,10H2,2-4H3/b11-7-. The Morgan fingerprint density at radius 2 is 2.10 bits per heavy atom. The van der Waals surface area contributed by atoms with Gasteiger partial charge in [0.2, 0.25) is 0 Å². The first-order valence-corrected chi connectivity index (χ1v) is 8.47. The Balaban J connectivity index is 2.90. The van der Waals surface area contributed by atoms with Crippen LogP contribution in [0, 0.1) is 0 Å². The molecule has 1 rings (SSSR count). The maximum Gasteiger partial charge on any atom is 0.173 e. The molecule has 0 radical (unpaired) electrons. The minimum absolute atomic E-state index is 0.410. The van der Waals surface area contributed by atoms with E-state index in [0.29, 0.717) is 6.42 Å². The van der Waals surface area contributed by atoms with Crippen molar-refractivity contribution < 1.29 is 8.42 Å². The van der Waals surface area contributed by atoms with Crippen molar-refractivity contribution in [2.45, 2.75) is 37.2 Å². The minimum Gasteiger partial charge on any atom is -0.252 e. The van der Waals surface area contributed by atoms with Gasteiger partial charge in [-0.2, -0.15) is 12.6 Å². The van der Waals surface area contributed by atoms with Gasteiger partial charge >= 0.3 is 0 Å². The van der Waals surface area contributed by atoms with Crippen LogP contribution >= 0.6 is 12.6 Å². The number of pyridine rings is 1. The second-order valence-corrected chi connectivity index (χ2v) is 8.52. The minimum atomic E-state index is -3.17. The van der Waals surface area contributed by atoms with Crippen molar-refractivity contribution in [3.05, 3.63) is 47.6 Å². The van der Waals surface area contributed by atoms with Crippen LogP contribution in [0.4, 0.5) is 0 Å². The van der Waals surface area contributed by atoms with Crippen LogP contribution in [0.2, 0.25) is 0 Å². The Kier molecular flexibility index (Phi) is 5.59. The molecule has 1 heterocycles. The van der Waals surface area contributed by atoms with Gasteiger partial charge in [0.25, 0.3) is 0 Å². The number of sulfone groups is 1. The van der Waals surface area contributed by atoms with Gasteiger partial charge in [-0.3, -0.25) is 4.98 Å². The molecule has 0 bridgehead atoms. The first-order chi connectivity index (χ1) is 9.19. The van der Waals surface area contributed by atoms with Crippen LogP contribution < -0.4 is 0 Å². The molecule has 0 aromatic carbocycles. The van der Waals surface area contributed by atoms with E-state index in [1.807, 2.05) is 25.1 Å². The molecule has 0 spiro atoms. The van der Waals surface area contributed by atoms with Crippen LogP contribution in [0.1, 0.15) is 38.6 Å². The van der Waals surface area contributed by atoms with E-state index in [4.69, 9.17) is 0 Å². The van der Waals surface area contributed by atoms with Crippen molar-refractivity contribution in [2.24, 2.45) is 0 Å². The molecule has 3 nitrogen and oxygen atoms in total. The molecule has 110 valence electrons. The van der Waals surface area contributed by atoms with Crippen LogP contribution in [0.5, 0.6) is 0 Å². The van der Waals surface area contributed by atoms with E-state index in [0.717, 1.165) is 11.4 Å². The van der Waals surface area contributed by atoms with Gasteiger partial charge in [-0.15, -0.1) is 0 Å². The lowest BCUT2D eigenvalue weighted by Gasteiger charge is -2.21. The zero-order valence-electron chi connectivity index (χ0n) is 12.1. The molecule has 1 aromatic rings. The van der Waals surface area contributed by atoms with Gasteiger partial charge in [0.15, 0.2) is 9.84 Å². The van der Waals surface area contributed by atoms with E-state index >= 15 is 0 Å². The van der Waals surface area contributed by atoms with Crippen molar-refractivity contribution >= 4 is 28.5 Å². The van der Waals surface area contributed by atoms with Crippen LogP contribution in [0.3, 0.4) is 0 Å². The summed E-state index contributed by atoms with van der Waals surface area (Å²) in [5.74, 6) is 0. The second-order valence-electron chi connectivity index (χ2n) is 5.14. The Morgan fingerprint density at radius 3 is 2.65 bits per heavy atom. The van der Waals surface area contributed by atoms with E-state index in [-0.39, 0.29) is 0 Å². The number of hydrogen-bond donors (Lipinski definition) is 1. The van der Waals surface area contributed by atoms with Crippen molar-refractivity contribution in [3.8, 4) is 0 Å². The summed E-state index contributed by atoms with van der Waals surface area (Å²) in [5, 5.41) is 0.857. The highest BCUT2D eigenvalue weighted by Gasteiger charge is 2.22. The lowest BCUT2D eigenvalue weighted by atomic mass is 10.0. The molecule has 1 atom stereocenters. The van der Waals surface area contributed by atoms with Gasteiger partial charge in [0, 0.05) is 5.41 Å². The number of rotatable bonds is 6. The zero-order valence-corrected chi connectivity index (χ0v) is 13.8. The highest BCUT2D eigenvalue weighted by molar-refractivity contribution is 7.94. The van der Waals surface area contributed by atoms with Crippen molar-refractivity contribution in [2.75, 3.05) is 0 Å². The second kappa shape index (κ2) is 6.59. The van der Waals surface area contributed by atoms with Gasteiger partial charge in [0.1, 0.15) is 0 Å². The highest BCUT2D eigenvalue weighted by atomic mass is 32.2. The SMILES string of the molecule is C=Cc1cccc(C(C)(S)C/C=C\S(=O)(=O)C(C)C)n1. The lowest BCUT2D eigenvalue weighted by molar-refractivity contribution is 0.596. The van der Waals surface area contributed by atoms with E-state index < -0.39 is 19.8 Å². The predicted molar refractivity (Wildman–Crippen MR) is 88.5 cm³/mol. The number of aromatic nitrogens is 1. The quantitative estimate of drug-likeness (QED) is 0.817. The van der Waals surface area contributed by atoms with Gasteiger partial charge in [-0.25, -0.2) is 8.42 Å². The predicted octanol–water partition coefficient (Wildman–Crippen LogP) is 3.60. The number of hydrogen-bond acceptors (Lipinski definition) is 4. The number of allylic oxidation sites excluding steroid dienone is 1. The van der Waals surface area contributed by atoms with E-state index in [1.54, 1.807) is 26.0 Å². The summed E-state index contributed by atoms with van der Waals surface area (Å²) in [6.45, 7) is 8.92. The average Bonchev–Trinajstić information content (AvgIpc) is 2.38. The highest BCUT2D eigenvalue weighted by Crippen LogP contribution is 2.31. The molecular formula is C15H21NO2S2. The first kappa shape index (κ1) is 17.0. The summed E-state index contributed by atoms with van der Waals surface area (Å²) in [6, 6.07) is 5.63. The Morgan fingerprint density at radius 1 is 1.45 bits per heavy atom. The van der Waals surface area contributed by atoms with Gasteiger partial charge in [-0.05, 0) is 45.4 Å². The average molecular weight is 311 g/mol. The molecule has 5 heteroatoms. The molecule has 1 unspecified atom stereocenters. The monoisotopic (exact) mass is 311 g/mol. The summed E-state index contributed by atoms with van der Waals surface area (Å²) in [7, 11) is -3.17. The molecule has 1 aromatic heterocycles. The fraction of sp³-hybridized carbons (Fsp3) is 0.400. The number of nitrogens with zero attached hydrogens (tertiary/aromatic N) is 1. The fourth-order valence-electron chi connectivity index (χ4n) is 1.54. The topological polar surface area (TPSA) is 47.0 Å². The third kappa shape index (κ3) is 4.49. The van der Waals surface area contributed by atoms with Crippen LogP contribution in [-0.2, 0) is 14.6 Å². The molecule has 0 fully saturated rings. The van der Waals surface area contributed by atoms with Crippen molar-refractivity contribution in [1.29, 1.82) is 0 Å². The summed E-state index contributed by atoms with van der Waals surface area (Å²) >= 11 is 4.60. The van der Waals surface area contributed by atoms with Crippen LogP contribution in [0.15, 0.2) is 36.3 Å². The molecular weight excluding hydrogens is 290 g/mol. The number of thiol groups is 1. The Hall–Kier alpha value is -1.07. The smallest absolute Gasteiger partial charge is 0.173 e. The van der Waals surface area contributed by atoms with Crippen molar-refractivity contribution in [1.82, 2.24) is 4.98 Å². The molecule has 0 saturated carbocycles. The van der Waals surface area contributed by atoms with Gasteiger partial charge < -0.3 is 0 Å². The summed E-state index contributed by atoms with van der Waals surface area (Å²) < 4.78 is 22.9. The third-order valence-electron chi connectivity index (χ3n) is 2.99. The largest absolute Gasteiger partial charge is 0.252 e. The molecule has 0 saturated heterocycles. The Labute approximate surface area is 127 Å². The summed E-state index contributed by atoms with van der Waals surface area (Å²) in [6.07, 6.45) is 3.80. The third-order valence-corrected chi connectivity index (χ3v) is 5.29. The van der Waals surface area contributed by atoms with E-state index in [2.05, 4.69) is 24.2 Å². The normalized spacial score (nSPS) is 15.4. The molecule has 0 aliphatic heterocycles. The molecule has 0 N–H and O–H groups in total. The van der Waals surface area contributed by atoms with Crippen molar-refractivity contribution in [3.63, 3.8) is 0 Å². The summed E-state index contributed by atoms with van der Waals surface area (Å²) in [4.78, 5) is 4.44. The van der Waals surface area contributed by atoms with Crippen LogP contribution in [0.25, 0.3) is 6.08 Å². The van der Waals surface area contributed by atoms with Gasteiger partial charge in [0.05, 0.1) is 21.4 Å². The molecule has 0 aliphatic carbocycles. The van der Waals surface area contributed by atoms with Crippen LogP contribution in [-0.4, -0.2) is 18.7 Å².